The number of amides is 1. The molecule has 0 spiro atoms. The first-order chi connectivity index (χ1) is 12.8. The summed E-state index contributed by atoms with van der Waals surface area (Å²) >= 11 is 0. The van der Waals surface area contributed by atoms with Gasteiger partial charge in [0, 0.05) is 12.0 Å². The summed E-state index contributed by atoms with van der Waals surface area (Å²) in [7, 11) is 0. The second kappa shape index (κ2) is 7.59. The maximum absolute atomic E-state index is 13.1. The summed E-state index contributed by atoms with van der Waals surface area (Å²) in [6.45, 7) is 7.94. The highest BCUT2D eigenvalue weighted by Crippen LogP contribution is 2.40. The summed E-state index contributed by atoms with van der Waals surface area (Å²) in [4.78, 5) is 12.9. The minimum atomic E-state index is -0.643. The van der Waals surface area contributed by atoms with E-state index in [2.05, 4.69) is 5.32 Å². The Bertz CT molecular complexity index is 817. The minimum Gasteiger partial charge on any atom is -0.487 e. The van der Waals surface area contributed by atoms with Gasteiger partial charge >= 0.3 is 0 Å². The first-order valence-corrected chi connectivity index (χ1v) is 9.29. The molecule has 0 aromatic heterocycles. The number of aryl methyl sites for hydroxylation is 1. The van der Waals surface area contributed by atoms with E-state index in [1.807, 2.05) is 45.9 Å². The molecule has 5 heteroatoms. The van der Waals surface area contributed by atoms with Gasteiger partial charge in [-0.05, 0) is 63.1 Å². The van der Waals surface area contributed by atoms with E-state index >= 15 is 0 Å². The van der Waals surface area contributed by atoms with Crippen LogP contribution >= 0.6 is 0 Å². The van der Waals surface area contributed by atoms with Crippen LogP contribution in [-0.2, 0) is 4.79 Å². The summed E-state index contributed by atoms with van der Waals surface area (Å²) in [6, 6.07) is 11.6. The van der Waals surface area contributed by atoms with E-state index in [0.29, 0.717) is 18.6 Å². The molecule has 1 N–H and O–H groups in total. The molecule has 144 valence electrons. The molecule has 2 atom stereocenters. The molecule has 1 amide bonds. The van der Waals surface area contributed by atoms with Gasteiger partial charge in [0.05, 0.1) is 6.04 Å². The van der Waals surface area contributed by atoms with Crippen molar-refractivity contribution < 1.29 is 18.7 Å². The Kier molecular flexibility index (Phi) is 5.40. The molecular formula is C22H26FNO3. The van der Waals surface area contributed by atoms with E-state index in [1.165, 1.54) is 24.3 Å². The molecule has 4 nitrogen and oxygen atoms in total. The van der Waals surface area contributed by atoms with Gasteiger partial charge in [0.1, 0.15) is 22.9 Å². The van der Waals surface area contributed by atoms with E-state index in [0.717, 1.165) is 16.9 Å². The Balaban J connectivity index is 1.76. The predicted octanol–water partition coefficient (Wildman–Crippen LogP) is 4.71. The van der Waals surface area contributed by atoms with Crippen molar-refractivity contribution in [3.63, 3.8) is 0 Å². The number of halogens is 1. The Hall–Kier alpha value is -2.56. The van der Waals surface area contributed by atoms with Crippen LogP contribution in [0.15, 0.2) is 42.5 Å². The maximum atomic E-state index is 13.1. The zero-order valence-corrected chi connectivity index (χ0v) is 16.2. The fourth-order valence-corrected chi connectivity index (χ4v) is 3.35. The molecule has 0 bridgehead atoms. The van der Waals surface area contributed by atoms with Crippen LogP contribution in [0.2, 0.25) is 0 Å². The average molecular weight is 371 g/mol. The van der Waals surface area contributed by atoms with Gasteiger partial charge in [-0.1, -0.05) is 19.1 Å². The second-order valence-electron chi connectivity index (χ2n) is 7.64. The molecular weight excluding hydrogens is 345 g/mol. The normalized spacial score (nSPS) is 18.8. The van der Waals surface area contributed by atoms with E-state index in [1.54, 1.807) is 0 Å². The molecule has 0 radical (unpaired) electrons. The molecule has 27 heavy (non-hydrogen) atoms. The molecule has 2 aromatic carbocycles. The van der Waals surface area contributed by atoms with Crippen LogP contribution in [0.3, 0.4) is 0 Å². The number of carbonyl (C=O) groups is 1. The first-order valence-electron chi connectivity index (χ1n) is 9.29. The van der Waals surface area contributed by atoms with Gasteiger partial charge in [-0.3, -0.25) is 4.79 Å². The second-order valence-corrected chi connectivity index (χ2v) is 7.64. The molecule has 2 aromatic rings. The lowest BCUT2D eigenvalue weighted by molar-refractivity contribution is -0.129. The van der Waals surface area contributed by atoms with Crippen molar-refractivity contribution in [3.8, 4) is 11.5 Å². The van der Waals surface area contributed by atoms with Crippen molar-refractivity contribution in [2.75, 3.05) is 0 Å². The van der Waals surface area contributed by atoms with Gasteiger partial charge in [-0.2, -0.15) is 0 Å². The summed E-state index contributed by atoms with van der Waals surface area (Å²) in [6.07, 6.45) is 0.536. The molecule has 1 heterocycles. The number of nitrogens with one attached hydrogen (secondary N) is 1. The Labute approximate surface area is 159 Å². The SMILES string of the molecule is CC[C@H](Oc1ccc(F)cc1)C(=O)N[C@H]1CC(C)(C)Oc2cc(C)ccc21. The van der Waals surface area contributed by atoms with Crippen LogP contribution in [-0.4, -0.2) is 17.6 Å². The number of fused-ring (bicyclic) bond motifs is 1. The number of hydrogen-bond acceptors (Lipinski definition) is 3. The Morgan fingerprint density at radius 3 is 2.67 bits per heavy atom. The molecule has 0 aliphatic carbocycles. The molecule has 0 fully saturated rings. The fraction of sp³-hybridized carbons (Fsp3) is 0.409. The van der Waals surface area contributed by atoms with Crippen molar-refractivity contribution in [3.05, 3.63) is 59.4 Å². The third-order valence-electron chi connectivity index (χ3n) is 4.70. The number of ether oxygens (including phenoxy) is 2. The summed E-state index contributed by atoms with van der Waals surface area (Å²) in [5.74, 6) is 0.762. The van der Waals surface area contributed by atoms with Crippen molar-refractivity contribution >= 4 is 5.91 Å². The molecule has 0 saturated heterocycles. The van der Waals surface area contributed by atoms with Crippen LogP contribution in [0, 0.1) is 12.7 Å². The number of carbonyl (C=O) groups excluding carboxylic acids is 1. The van der Waals surface area contributed by atoms with Crippen molar-refractivity contribution in [2.45, 2.75) is 58.3 Å². The highest BCUT2D eigenvalue weighted by Gasteiger charge is 2.35. The first kappa shape index (κ1) is 19.2. The van der Waals surface area contributed by atoms with Crippen LogP contribution in [0.25, 0.3) is 0 Å². The van der Waals surface area contributed by atoms with Gasteiger partial charge in [-0.25, -0.2) is 4.39 Å². The van der Waals surface area contributed by atoms with E-state index in [4.69, 9.17) is 9.47 Å². The quantitative estimate of drug-likeness (QED) is 0.828. The summed E-state index contributed by atoms with van der Waals surface area (Å²) in [5, 5.41) is 3.11. The lowest BCUT2D eigenvalue weighted by atomic mass is 9.89. The molecule has 0 unspecified atom stereocenters. The number of rotatable bonds is 5. The minimum absolute atomic E-state index is 0.150. The van der Waals surface area contributed by atoms with Crippen LogP contribution in [0.1, 0.15) is 50.8 Å². The van der Waals surface area contributed by atoms with E-state index in [-0.39, 0.29) is 23.4 Å². The highest BCUT2D eigenvalue weighted by atomic mass is 19.1. The fourth-order valence-electron chi connectivity index (χ4n) is 3.35. The zero-order chi connectivity index (χ0) is 19.6. The highest BCUT2D eigenvalue weighted by molar-refractivity contribution is 5.81. The predicted molar refractivity (Wildman–Crippen MR) is 102 cm³/mol. The number of benzene rings is 2. The molecule has 3 rings (SSSR count). The molecule has 1 aliphatic rings. The Morgan fingerprint density at radius 2 is 2.00 bits per heavy atom. The van der Waals surface area contributed by atoms with Crippen molar-refractivity contribution in [1.29, 1.82) is 0 Å². The third-order valence-corrected chi connectivity index (χ3v) is 4.70. The van der Waals surface area contributed by atoms with Crippen LogP contribution in [0.5, 0.6) is 11.5 Å². The Morgan fingerprint density at radius 1 is 1.30 bits per heavy atom. The van der Waals surface area contributed by atoms with Crippen LogP contribution in [0.4, 0.5) is 4.39 Å². The van der Waals surface area contributed by atoms with Gasteiger partial charge in [0.15, 0.2) is 6.10 Å². The lowest BCUT2D eigenvalue weighted by Crippen LogP contribution is -2.45. The van der Waals surface area contributed by atoms with Gasteiger partial charge in [0.2, 0.25) is 0 Å². The van der Waals surface area contributed by atoms with Crippen molar-refractivity contribution in [2.24, 2.45) is 0 Å². The standard InChI is InChI=1S/C22H26FNO3/c1-5-19(26-16-9-7-15(23)8-10-16)21(25)24-18-13-22(3,4)27-20-12-14(2)6-11-17(18)20/h6-12,18-19H,5,13H2,1-4H3,(H,24,25)/t18-,19-/m0/s1. The smallest absolute Gasteiger partial charge is 0.261 e. The molecule has 0 saturated carbocycles. The van der Waals surface area contributed by atoms with E-state index < -0.39 is 6.10 Å². The average Bonchev–Trinajstić information content (AvgIpc) is 2.59. The maximum Gasteiger partial charge on any atom is 0.261 e. The third kappa shape index (κ3) is 4.59. The summed E-state index contributed by atoms with van der Waals surface area (Å²) in [5.41, 5.74) is 1.71. The van der Waals surface area contributed by atoms with E-state index in [9.17, 15) is 9.18 Å². The number of hydrogen-bond donors (Lipinski definition) is 1. The van der Waals surface area contributed by atoms with Crippen LogP contribution < -0.4 is 14.8 Å². The van der Waals surface area contributed by atoms with Gasteiger partial charge < -0.3 is 14.8 Å². The largest absolute Gasteiger partial charge is 0.487 e. The summed E-state index contributed by atoms with van der Waals surface area (Å²) < 4.78 is 24.9. The monoisotopic (exact) mass is 371 g/mol. The van der Waals surface area contributed by atoms with Gasteiger partial charge in [-0.15, -0.1) is 0 Å². The molecule has 1 aliphatic heterocycles. The topological polar surface area (TPSA) is 47.6 Å². The lowest BCUT2D eigenvalue weighted by Gasteiger charge is -2.38. The van der Waals surface area contributed by atoms with Crippen molar-refractivity contribution in [1.82, 2.24) is 5.32 Å². The van der Waals surface area contributed by atoms with Gasteiger partial charge in [0.25, 0.3) is 5.91 Å². The zero-order valence-electron chi connectivity index (χ0n) is 16.2.